The summed E-state index contributed by atoms with van der Waals surface area (Å²) in [5.41, 5.74) is 6.19. The molecule has 1 atom stereocenters. The number of amides is 1. The molecule has 2 rings (SSSR count). The average molecular weight is 241 g/mol. The van der Waals surface area contributed by atoms with Gasteiger partial charge in [0.25, 0.3) is 0 Å². The topological polar surface area (TPSA) is 66.6 Å². The Morgan fingerprint density at radius 2 is 2.31 bits per heavy atom. The van der Waals surface area contributed by atoms with Crippen LogP contribution in [0.2, 0.25) is 5.02 Å². The fourth-order valence-corrected chi connectivity index (χ4v) is 2.16. The van der Waals surface area contributed by atoms with Gasteiger partial charge < -0.3 is 15.7 Å². The predicted molar refractivity (Wildman–Crippen MR) is 62.6 cm³/mol. The Morgan fingerprint density at radius 3 is 2.88 bits per heavy atom. The van der Waals surface area contributed by atoms with E-state index in [9.17, 15) is 9.90 Å². The largest absolute Gasteiger partial charge is 0.508 e. The van der Waals surface area contributed by atoms with Crippen molar-refractivity contribution in [2.45, 2.75) is 6.42 Å². The number of anilines is 1. The molecule has 1 aliphatic heterocycles. The summed E-state index contributed by atoms with van der Waals surface area (Å²) in [5.74, 6) is 0.316. The summed E-state index contributed by atoms with van der Waals surface area (Å²) < 4.78 is 0. The van der Waals surface area contributed by atoms with Crippen LogP contribution in [-0.4, -0.2) is 24.1 Å². The van der Waals surface area contributed by atoms with Crippen LogP contribution in [0, 0.1) is 5.92 Å². The first kappa shape index (κ1) is 11.2. The molecular weight excluding hydrogens is 228 g/mol. The number of rotatable bonds is 2. The quantitative estimate of drug-likeness (QED) is 0.820. The second-order valence-corrected chi connectivity index (χ2v) is 4.35. The summed E-state index contributed by atoms with van der Waals surface area (Å²) in [6.45, 7) is 1.10. The number of phenolic OH excluding ortho intramolecular Hbond substituents is 1. The lowest BCUT2D eigenvalue weighted by molar-refractivity contribution is -0.117. The zero-order valence-corrected chi connectivity index (χ0v) is 9.44. The molecule has 1 aromatic rings. The number of carbonyl (C=O) groups is 1. The third-order valence-electron chi connectivity index (χ3n) is 2.76. The van der Waals surface area contributed by atoms with E-state index in [4.69, 9.17) is 17.3 Å². The fourth-order valence-electron chi connectivity index (χ4n) is 1.89. The molecule has 86 valence electrons. The molecule has 1 heterocycles. The molecule has 0 spiro atoms. The number of aromatic hydroxyl groups is 1. The molecule has 1 unspecified atom stereocenters. The van der Waals surface area contributed by atoms with Gasteiger partial charge in [-0.3, -0.25) is 4.79 Å². The maximum absolute atomic E-state index is 11.7. The van der Waals surface area contributed by atoms with Crippen LogP contribution in [0.3, 0.4) is 0 Å². The van der Waals surface area contributed by atoms with Gasteiger partial charge in [-0.05, 0) is 24.6 Å². The van der Waals surface area contributed by atoms with Crippen molar-refractivity contribution >= 4 is 23.2 Å². The van der Waals surface area contributed by atoms with Gasteiger partial charge in [-0.25, -0.2) is 0 Å². The van der Waals surface area contributed by atoms with Crippen LogP contribution >= 0.6 is 11.6 Å². The molecule has 1 fully saturated rings. The van der Waals surface area contributed by atoms with E-state index in [1.165, 1.54) is 12.1 Å². The van der Waals surface area contributed by atoms with E-state index in [2.05, 4.69) is 0 Å². The Bertz CT molecular complexity index is 422. The Morgan fingerprint density at radius 1 is 1.56 bits per heavy atom. The Labute approximate surface area is 98.6 Å². The maximum atomic E-state index is 11.7. The number of benzene rings is 1. The molecule has 0 saturated carbocycles. The molecule has 0 bridgehead atoms. The van der Waals surface area contributed by atoms with Crippen LogP contribution in [0.1, 0.15) is 6.42 Å². The lowest BCUT2D eigenvalue weighted by atomic mass is 10.1. The molecule has 0 radical (unpaired) electrons. The molecule has 1 aromatic carbocycles. The van der Waals surface area contributed by atoms with Gasteiger partial charge in [-0.1, -0.05) is 11.6 Å². The first-order valence-electron chi connectivity index (χ1n) is 5.10. The van der Waals surface area contributed by atoms with Gasteiger partial charge in [0.05, 0.1) is 10.7 Å². The van der Waals surface area contributed by atoms with Gasteiger partial charge in [0.15, 0.2) is 0 Å². The highest BCUT2D eigenvalue weighted by molar-refractivity contribution is 6.34. The minimum atomic E-state index is 0.0306. The van der Waals surface area contributed by atoms with E-state index in [-0.39, 0.29) is 17.6 Å². The number of hydrogen-bond donors (Lipinski definition) is 2. The summed E-state index contributed by atoms with van der Waals surface area (Å²) >= 11 is 5.98. The second-order valence-electron chi connectivity index (χ2n) is 3.95. The van der Waals surface area contributed by atoms with E-state index in [1.807, 2.05) is 0 Å². The zero-order chi connectivity index (χ0) is 11.7. The standard InChI is InChI=1S/C11H13ClN2O2/c12-9-4-8(15)1-2-10(9)14-6-7(5-13)3-11(14)16/h1-2,4,7,15H,3,5-6,13H2. The molecular formula is C11H13ClN2O2. The first-order chi connectivity index (χ1) is 7.61. The van der Waals surface area contributed by atoms with E-state index in [0.29, 0.717) is 30.2 Å². The Hall–Kier alpha value is -1.26. The molecule has 1 saturated heterocycles. The normalized spacial score (nSPS) is 20.5. The van der Waals surface area contributed by atoms with Crippen molar-refractivity contribution in [3.05, 3.63) is 23.2 Å². The van der Waals surface area contributed by atoms with Crippen molar-refractivity contribution in [3.8, 4) is 5.75 Å². The molecule has 16 heavy (non-hydrogen) atoms. The monoisotopic (exact) mass is 240 g/mol. The first-order valence-corrected chi connectivity index (χ1v) is 5.48. The van der Waals surface area contributed by atoms with Crippen LogP contribution in [0.5, 0.6) is 5.75 Å². The van der Waals surface area contributed by atoms with Crippen molar-refractivity contribution in [2.75, 3.05) is 18.0 Å². The second kappa shape index (κ2) is 4.31. The van der Waals surface area contributed by atoms with Gasteiger partial charge in [0, 0.05) is 19.0 Å². The van der Waals surface area contributed by atoms with E-state index >= 15 is 0 Å². The molecule has 3 N–H and O–H groups in total. The Kier molecular flexibility index (Phi) is 3.03. The van der Waals surface area contributed by atoms with Crippen LogP contribution in [0.15, 0.2) is 18.2 Å². The number of nitrogens with two attached hydrogens (primary N) is 1. The smallest absolute Gasteiger partial charge is 0.227 e. The van der Waals surface area contributed by atoms with E-state index < -0.39 is 0 Å². The van der Waals surface area contributed by atoms with Crippen molar-refractivity contribution in [3.63, 3.8) is 0 Å². The average Bonchev–Trinajstić information content (AvgIpc) is 2.60. The third kappa shape index (κ3) is 1.99. The highest BCUT2D eigenvalue weighted by atomic mass is 35.5. The molecule has 1 aliphatic rings. The highest BCUT2D eigenvalue weighted by Gasteiger charge is 2.30. The Balaban J connectivity index is 2.28. The minimum Gasteiger partial charge on any atom is -0.508 e. The lowest BCUT2D eigenvalue weighted by Gasteiger charge is -2.18. The number of phenols is 1. The number of carbonyl (C=O) groups excluding carboxylic acids is 1. The predicted octanol–water partition coefficient (Wildman–Crippen LogP) is 1.36. The molecule has 4 nitrogen and oxygen atoms in total. The summed E-state index contributed by atoms with van der Waals surface area (Å²) in [5, 5.41) is 9.62. The van der Waals surface area contributed by atoms with Crippen LogP contribution in [0.25, 0.3) is 0 Å². The minimum absolute atomic E-state index is 0.0306. The SMILES string of the molecule is NCC1CC(=O)N(c2ccc(O)cc2Cl)C1. The highest BCUT2D eigenvalue weighted by Crippen LogP contribution is 2.33. The molecule has 5 heteroatoms. The van der Waals surface area contributed by atoms with Gasteiger partial charge >= 0.3 is 0 Å². The van der Waals surface area contributed by atoms with Crippen LogP contribution in [0.4, 0.5) is 5.69 Å². The summed E-state index contributed by atoms with van der Waals surface area (Å²) in [6, 6.07) is 4.60. The summed E-state index contributed by atoms with van der Waals surface area (Å²) in [7, 11) is 0. The molecule has 1 amide bonds. The number of halogens is 1. The van der Waals surface area contributed by atoms with Crippen LogP contribution in [-0.2, 0) is 4.79 Å². The molecule has 0 aliphatic carbocycles. The van der Waals surface area contributed by atoms with E-state index in [1.54, 1.807) is 11.0 Å². The van der Waals surface area contributed by atoms with Gasteiger partial charge in [0.2, 0.25) is 5.91 Å². The van der Waals surface area contributed by atoms with Crippen LogP contribution < -0.4 is 10.6 Å². The van der Waals surface area contributed by atoms with Crippen molar-refractivity contribution in [2.24, 2.45) is 11.7 Å². The summed E-state index contributed by atoms with van der Waals surface area (Å²) in [6.07, 6.45) is 0.466. The summed E-state index contributed by atoms with van der Waals surface area (Å²) in [4.78, 5) is 13.4. The lowest BCUT2D eigenvalue weighted by Crippen LogP contribution is -2.25. The van der Waals surface area contributed by atoms with Crippen molar-refractivity contribution in [1.29, 1.82) is 0 Å². The third-order valence-corrected chi connectivity index (χ3v) is 3.06. The van der Waals surface area contributed by atoms with Gasteiger partial charge in [-0.15, -0.1) is 0 Å². The zero-order valence-electron chi connectivity index (χ0n) is 8.69. The van der Waals surface area contributed by atoms with Gasteiger partial charge in [0.1, 0.15) is 5.75 Å². The molecule has 0 aromatic heterocycles. The number of hydrogen-bond acceptors (Lipinski definition) is 3. The van der Waals surface area contributed by atoms with Gasteiger partial charge in [-0.2, -0.15) is 0 Å². The van der Waals surface area contributed by atoms with Crippen molar-refractivity contribution in [1.82, 2.24) is 0 Å². The van der Waals surface area contributed by atoms with Crippen molar-refractivity contribution < 1.29 is 9.90 Å². The maximum Gasteiger partial charge on any atom is 0.227 e. The van der Waals surface area contributed by atoms with E-state index in [0.717, 1.165) is 0 Å². The number of nitrogens with zero attached hydrogens (tertiary/aromatic N) is 1. The fraction of sp³-hybridized carbons (Fsp3) is 0.364.